The Morgan fingerprint density at radius 2 is 2.09 bits per heavy atom. The minimum absolute atomic E-state index is 0.104. The third kappa shape index (κ3) is 3.51. The van der Waals surface area contributed by atoms with Crippen molar-refractivity contribution in [2.75, 3.05) is 6.61 Å². The van der Waals surface area contributed by atoms with Gasteiger partial charge in [0.25, 0.3) is 11.7 Å². The van der Waals surface area contributed by atoms with E-state index in [9.17, 15) is 13.2 Å². The van der Waals surface area contributed by atoms with E-state index in [4.69, 9.17) is 26.0 Å². The van der Waals surface area contributed by atoms with Gasteiger partial charge in [0.2, 0.25) is 0 Å². The topological polar surface area (TPSA) is 83.8 Å². The molecule has 0 N–H and O–H groups in total. The van der Waals surface area contributed by atoms with Crippen LogP contribution in [0.1, 0.15) is 29.9 Å². The summed E-state index contributed by atoms with van der Waals surface area (Å²) in [7, 11) is 0. The van der Waals surface area contributed by atoms with E-state index in [1.165, 1.54) is 6.33 Å². The van der Waals surface area contributed by atoms with E-state index in [1.54, 1.807) is 10.6 Å². The van der Waals surface area contributed by atoms with Crippen LogP contribution in [0.2, 0.25) is 5.02 Å². The predicted molar refractivity (Wildman–Crippen MR) is 110 cm³/mol. The van der Waals surface area contributed by atoms with E-state index in [2.05, 4.69) is 15.1 Å². The van der Waals surface area contributed by atoms with Crippen LogP contribution in [0.25, 0.3) is 28.5 Å². The standard InChI is InChI=1S/C21H16ClF3N6O2/c22-12-3-4-15-14(7-12)17-11(8-30(28-17)9-13-2-1-5-32-13)6-16-18(26-10-31(15)16)19-27-20(29-33-19)21(23,24)25/h3-4,7-8,10,13H,1-2,5-6,9H2. The van der Waals surface area contributed by atoms with Gasteiger partial charge in [0, 0.05) is 35.4 Å². The van der Waals surface area contributed by atoms with E-state index in [1.807, 2.05) is 23.0 Å². The first-order valence-electron chi connectivity index (χ1n) is 10.3. The van der Waals surface area contributed by atoms with Crippen LogP contribution in [0, 0.1) is 0 Å². The maximum atomic E-state index is 13.0. The fourth-order valence-electron chi connectivity index (χ4n) is 4.36. The van der Waals surface area contributed by atoms with Gasteiger partial charge in [-0.2, -0.15) is 23.3 Å². The van der Waals surface area contributed by atoms with Crippen LogP contribution in [-0.2, 0) is 23.9 Å². The van der Waals surface area contributed by atoms with Gasteiger partial charge in [0.05, 0.1) is 29.7 Å². The Morgan fingerprint density at radius 3 is 2.85 bits per heavy atom. The summed E-state index contributed by atoms with van der Waals surface area (Å²) in [4.78, 5) is 7.83. The molecule has 0 radical (unpaired) electrons. The Hall–Kier alpha value is -3.18. The lowest BCUT2D eigenvalue weighted by molar-refractivity contribution is -0.146. The highest BCUT2D eigenvalue weighted by molar-refractivity contribution is 6.31. The zero-order valence-corrected chi connectivity index (χ0v) is 17.8. The summed E-state index contributed by atoms with van der Waals surface area (Å²) < 4.78 is 53.3. The minimum Gasteiger partial charge on any atom is -0.376 e. The van der Waals surface area contributed by atoms with Crippen LogP contribution in [0.15, 0.2) is 35.2 Å². The second-order valence-electron chi connectivity index (χ2n) is 8.03. The summed E-state index contributed by atoms with van der Waals surface area (Å²) in [6.45, 7) is 1.37. The molecule has 0 bridgehead atoms. The maximum Gasteiger partial charge on any atom is 0.455 e. The Morgan fingerprint density at radius 1 is 1.21 bits per heavy atom. The largest absolute Gasteiger partial charge is 0.455 e. The number of ether oxygens (including phenoxy) is 1. The summed E-state index contributed by atoms with van der Waals surface area (Å²) in [6, 6.07) is 5.39. The smallest absolute Gasteiger partial charge is 0.376 e. The first-order valence-corrected chi connectivity index (χ1v) is 10.7. The molecule has 6 rings (SSSR count). The zero-order chi connectivity index (χ0) is 22.7. The quantitative estimate of drug-likeness (QED) is 0.380. The number of hydrogen-bond acceptors (Lipinski definition) is 6. The van der Waals surface area contributed by atoms with Gasteiger partial charge in [0.15, 0.2) is 5.69 Å². The third-order valence-corrected chi connectivity index (χ3v) is 6.07. The predicted octanol–water partition coefficient (Wildman–Crippen LogP) is 4.54. The number of alkyl halides is 3. The lowest BCUT2D eigenvalue weighted by Crippen LogP contribution is -2.15. The molecule has 1 atom stereocenters. The van der Waals surface area contributed by atoms with Gasteiger partial charge in [0.1, 0.15) is 6.33 Å². The summed E-state index contributed by atoms with van der Waals surface area (Å²) in [6.07, 6.45) is 1.21. The molecule has 12 heteroatoms. The van der Waals surface area contributed by atoms with Crippen molar-refractivity contribution in [3.63, 3.8) is 0 Å². The molecule has 1 aromatic carbocycles. The monoisotopic (exact) mass is 476 g/mol. The van der Waals surface area contributed by atoms with Gasteiger partial charge in [-0.1, -0.05) is 16.8 Å². The van der Waals surface area contributed by atoms with E-state index in [0.29, 0.717) is 23.7 Å². The molecule has 3 aromatic heterocycles. The Bertz CT molecular complexity index is 1350. The first-order chi connectivity index (χ1) is 15.9. The molecule has 1 unspecified atom stereocenters. The average Bonchev–Trinajstić information content (AvgIpc) is 3.54. The molecule has 1 saturated heterocycles. The Balaban J connectivity index is 1.47. The number of halogens is 4. The highest BCUT2D eigenvalue weighted by Crippen LogP contribution is 2.39. The third-order valence-electron chi connectivity index (χ3n) is 5.83. The van der Waals surface area contributed by atoms with Crippen molar-refractivity contribution in [3.8, 4) is 28.5 Å². The second-order valence-corrected chi connectivity index (χ2v) is 8.47. The molecular formula is C21H16ClF3N6O2. The SMILES string of the molecule is FC(F)(F)c1noc(-c2ncn3c2Cc2cn(CC4CCCO4)nc2-c2cc(Cl)ccc2-3)n1. The van der Waals surface area contributed by atoms with E-state index < -0.39 is 12.0 Å². The lowest BCUT2D eigenvalue weighted by Gasteiger charge is -2.11. The van der Waals surface area contributed by atoms with E-state index >= 15 is 0 Å². The van der Waals surface area contributed by atoms with Gasteiger partial charge in [-0.3, -0.25) is 4.68 Å². The van der Waals surface area contributed by atoms with Crippen molar-refractivity contribution < 1.29 is 22.4 Å². The first kappa shape index (κ1) is 20.4. The maximum absolute atomic E-state index is 13.0. The van der Waals surface area contributed by atoms with Gasteiger partial charge in [-0.05, 0) is 31.0 Å². The van der Waals surface area contributed by atoms with Gasteiger partial charge in [-0.15, -0.1) is 0 Å². The number of benzene rings is 1. The molecule has 0 aliphatic carbocycles. The van der Waals surface area contributed by atoms with E-state index in [-0.39, 0.29) is 17.7 Å². The molecule has 5 heterocycles. The summed E-state index contributed by atoms with van der Waals surface area (Å²) in [5.74, 6) is -1.63. The molecule has 8 nitrogen and oxygen atoms in total. The molecule has 33 heavy (non-hydrogen) atoms. The molecule has 170 valence electrons. The molecule has 0 amide bonds. The minimum atomic E-state index is -4.71. The molecule has 2 aliphatic rings. The van der Waals surface area contributed by atoms with Crippen LogP contribution in [0.5, 0.6) is 0 Å². The highest BCUT2D eigenvalue weighted by Gasteiger charge is 2.38. The van der Waals surface area contributed by atoms with Gasteiger partial charge in [-0.25, -0.2) is 4.98 Å². The Labute approximate surface area is 189 Å². The van der Waals surface area contributed by atoms with Crippen LogP contribution in [-0.4, -0.2) is 42.2 Å². The van der Waals surface area contributed by atoms with Crippen molar-refractivity contribution in [1.82, 2.24) is 29.5 Å². The van der Waals surface area contributed by atoms with Crippen molar-refractivity contribution in [3.05, 3.63) is 52.8 Å². The number of aromatic nitrogens is 6. The fraction of sp³-hybridized carbons (Fsp3) is 0.333. The van der Waals surface area contributed by atoms with E-state index in [0.717, 1.165) is 42.0 Å². The number of nitrogens with zero attached hydrogens (tertiary/aromatic N) is 6. The van der Waals surface area contributed by atoms with Crippen LogP contribution in [0.3, 0.4) is 0 Å². The van der Waals surface area contributed by atoms with Crippen LogP contribution in [0.4, 0.5) is 13.2 Å². The van der Waals surface area contributed by atoms with Crippen LogP contribution >= 0.6 is 11.6 Å². The second kappa shape index (κ2) is 7.42. The molecule has 4 aromatic rings. The Kier molecular flexibility index (Phi) is 4.59. The lowest BCUT2D eigenvalue weighted by atomic mass is 10.0. The molecule has 0 spiro atoms. The summed E-state index contributed by atoms with van der Waals surface area (Å²) in [5.41, 5.74) is 4.00. The normalized spacial score (nSPS) is 17.5. The van der Waals surface area contributed by atoms with Crippen molar-refractivity contribution in [2.45, 2.75) is 38.1 Å². The average molecular weight is 477 g/mol. The molecule has 1 fully saturated rings. The zero-order valence-electron chi connectivity index (χ0n) is 17.0. The highest BCUT2D eigenvalue weighted by atomic mass is 35.5. The summed E-state index contributed by atoms with van der Waals surface area (Å²) >= 11 is 6.30. The number of imidazole rings is 1. The van der Waals surface area contributed by atoms with Crippen LogP contribution < -0.4 is 0 Å². The van der Waals surface area contributed by atoms with Gasteiger partial charge >= 0.3 is 6.18 Å². The van der Waals surface area contributed by atoms with Crippen molar-refractivity contribution in [2.24, 2.45) is 0 Å². The van der Waals surface area contributed by atoms with Crippen molar-refractivity contribution >= 4 is 11.6 Å². The van der Waals surface area contributed by atoms with Gasteiger partial charge < -0.3 is 13.8 Å². The molecular weight excluding hydrogens is 461 g/mol. The fourth-order valence-corrected chi connectivity index (χ4v) is 4.53. The van der Waals surface area contributed by atoms with Crippen molar-refractivity contribution in [1.29, 1.82) is 0 Å². The summed E-state index contributed by atoms with van der Waals surface area (Å²) in [5, 5.41) is 8.42. The number of hydrogen-bond donors (Lipinski definition) is 0. The number of fused-ring (bicyclic) bond motifs is 5. The molecule has 2 aliphatic heterocycles. The molecule has 0 saturated carbocycles. The number of rotatable bonds is 3.